The molecule has 0 radical (unpaired) electrons. The molecule has 3 heterocycles. The highest BCUT2D eigenvalue weighted by Gasteiger charge is 2.26. The lowest BCUT2D eigenvalue weighted by Crippen LogP contribution is -2.42. The molecule has 6 heteroatoms. The number of nitrogens with zero attached hydrogens (tertiary/aromatic N) is 4. The maximum Gasteiger partial charge on any atom is 0.410 e. The summed E-state index contributed by atoms with van der Waals surface area (Å²) in [5.74, 6) is 0.599. The van der Waals surface area contributed by atoms with Gasteiger partial charge >= 0.3 is 6.09 Å². The summed E-state index contributed by atoms with van der Waals surface area (Å²) in [6.07, 6.45) is 8.52. The molecule has 0 saturated carbocycles. The van der Waals surface area contributed by atoms with Gasteiger partial charge in [-0.2, -0.15) is 5.10 Å². The molecule has 1 aromatic carbocycles. The van der Waals surface area contributed by atoms with Gasteiger partial charge in [0, 0.05) is 37.1 Å². The van der Waals surface area contributed by atoms with Crippen molar-refractivity contribution in [1.82, 2.24) is 19.5 Å². The van der Waals surface area contributed by atoms with Gasteiger partial charge in [-0.25, -0.2) is 14.3 Å². The molecule has 1 aliphatic heterocycles. The molecule has 0 aliphatic carbocycles. The third-order valence-corrected chi connectivity index (χ3v) is 5.32. The van der Waals surface area contributed by atoms with Crippen LogP contribution in [0.4, 0.5) is 4.79 Å². The summed E-state index contributed by atoms with van der Waals surface area (Å²) in [5.41, 5.74) is 3.94. The molecule has 0 spiro atoms. The molecule has 2 aromatic heterocycles. The van der Waals surface area contributed by atoms with Gasteiger partial charge in [0.05, 0.1) is 6.20 Å². The Morgan fingerprint density at radius 3 is 2.39 bits per heavy atom. The van der Waals surface area contributed by atoms with Gasteiger partial charge in [-0.15, -0.1) is 0 Å². The highest BCUT2D eigenvalue weighted by Crippen LogP contribution is 2.25. The lowest BCUT2D eigenvalue weighted by atomic mass is 9.90. The molecule has 4 rings (SSSR count). The predicted octanol–water partition coefficient (Wildman–Crippen LogP) is 5.61. The highest BCUT2D eigenvalue weighted by molar-refractivity contribution is 5.68. The molecule has 3 aromatic rings. The maximum atomic E-state index is 12.2. The van der Waals surface area contributed by atoms with Gasteiger partial charge in [-0.3, -0.25) is 0 Å². The van der Waals surface area contributed by atoms with E-state index in [1.54, 1.807) is 10.7 Å². The molecule has 0 atom stereocenters. The molecule has 0 bridgehead atoms. The fourth-order valence-electron chi connectivity index (χ4n) is 3.77. The minimum absolute atomic E-state index is 0.192. The van der Waals surface area contributed by atoms with Crippen molar-refractivity contribution < 1.29 is 9.53 Å². The summed E-state index contributed by atoms with van der Waals surface area (Å²) < 4.78 is 7.28. The first-order chi connectivity index (χ1) is 14.9. The van der Waals surface area contributed by atoms with Gasteiger partial charge < -0.3 is 9.64 Å². The van der Waals surface area contributed by atoms with Crippen molar-refractivity contribution in [2.24, 2.45) is 5.92 Å². The summed E-state index contributed by atoms with van der Waals surface area (Å²) >= 11 is 0. The van der Waals surface area contributed by atoms with Gasteiger partial charge in [-0.1, -0.05) is 38.1 Å². The van der Waals surface area contributed by atoms with E-state index >= 15 is 0 Å². The minimum atomic E-state index is -0.437. The first kappa shape index (κ1) is 22.8. The number of benzene rings is 1. The van der Waals surface area contributed by atoms with Crippen molar-refractivity contribution in [3.63, 3.8) is 0 Å². The van der Waals surface area contributed by atoms with E-state index in [1.165, 1.54) is 5.56 Å². The van der Waals surface area contributed by atoms with Crippen LogP contribution >= 0.6 is 0 Å². The van der Waals surface area contributed by atoms with Gasteiger partial charge in [0.25, 0.3) is 0 Å². The number of amides is 1. The number of piperidine rings is 1. The van der Waals surface area contributed by atoms with Crippen molar-refractivity contribution in [1.29, 1.82) is 0 Å². The Morgan fingerprint density at radius 1 is 1.06 bits per heavy atom. The molecule has 166 valence electrons. The zero-order valence-corrected chi connectivity index (χ0v) is 19.3. The van der Waals surface area contributed by atoms with Crippen LogP contribution in [0.3, 0.4) is 0 Å². The number of ether oxygens (including phenoxy) is 1. The largest absolute Gasteiger partial charge is 0.444 e. The molecule has 1 fully saturated rings. The smallest absolute Gasteiger partial charge is 0.410 e. The fraction of sp³-hybridized carbons (Fsp3) is 0.480. The van der Waals surface area contributed by atoms with Crippen molar-refractivity contribution in [2.75, 3.05) is 13.1 Å². The van der Waals surface area contributed by atoms with Crippen LogP contribution < -0.4 is 0 Å². The van der Waals surface area contributed by atoms with E-state index in [0.717, 1.165) is 49.1 Å². The van der Waals surface area contributed by atoms with Crippen molar-refractivity contribution in [3.8, 4) is 11.1 Å². The Kier molecular flexibility index (Phi) is 7.31. The molecule has 0 unspecified atom stereocenters. The van der Waals surface area contributed by atoms with Crippen LogP contribution in [0, 0.1) is 5.92 Å². The standard InChI is InChI=1S/C23H28N4O2.C2H6/c1-23(2,3)29-22(28)26-12-9-18(10-13-26)14-17-4-6-19(7-5-17)20-15-24-21-8-11-25-27(21)16-20;1-2/h4-8,11,15-16,18H,9-10,12-14H2,1-3H3;1-2H3. The SMILES string of the molecule is CC.CC(C)(C)OC(=O)N1CCC(Cc2ccc(-c3cnc4ccnn4c3)cc2)CC1. The zero-order chi connectivity index (χ0) is 22.4. The molecular weight excluding hydrogens is 388 g/mol. The van der Waals surface area contributed by atoms with Crippen LogP contribution in [0.2, 0.25) is 0 Å². The molecule has 0 N–H and O–H groups in total. The number of rotatable bonds is 3. The summed E-state index contributed by atoms with van der Waals surface area (Å²) in [5, 5.41) is 4.25. The van der Waals surface area contributed by atoms with Crippen LogP contribution in [0.5, 0.6) is 0 Å². The van der Waals surface area contributed by atoms with E-state index in [1.807, 2.05) is 58.0 Å². The molecule has 1 aliphatic rings. The lowest BCUT2D eigenvalue weighted by Gasteiger charge is -2.33. The number of carbonyl (C=O) groups is 1. The number of hydrogen-bond acceptors (Lipinski definition) is 4. The zero-order valence-electron chi connectivity index (χ0n) is 19.3. The Labute approximate surface area is 185 Å². The second kappa shape index (κ2) is 9.94. The van der Waals surface area contributed by atoms with Crippen LogP contribution in [0.25, 0.3) is 16.8 Å². The third kappa shape index (κ3) is 6.06. The molecule has 1 saturated heterocycles. The maximum absolute atomic E-state index is 12.2. The quantitative estimate of drug-likeness (QED) is 0.550. The topological polar surface area (TPSA) is 59.7 Å². The second-order valence-electron chi connectivity index (χ2n) is 8.79. The minimum Gasteiger partial charge on any atom is -0.444 e. The average molecular weight is 423 g/mol. The van der Waals surface area contributed by atoms with Crippen LogP contribution in [0.15, 0.2) is 48.9 Å². The van der Waals surface area contributed by atoms with Crippen molar-refractivity contribution >= 4 is 11.7 Å². The monoisotopic (exact) mass is 422 g/mol. The number of aromatic nitrogens is 3. The molecule has 6 nitrogen and oxygen atoms in total. The van der Waals surface area contributed by atoms with E-state index in [0.29, 0.717) is 5.92 Å². The summed E-state index contributed by atoms with van der Waals surface area (Å²) in [6, 6.07) is 10.6. The Bertz CT molecular complexity index is 981. The Balaban J connectivity index is 0.00000132. The first-order valence-electron chi connectivity index (χ1n) is 11.2. The van der Waals surface area contributed by atoms with E-state index in [2.05, 4.69) is 34.3 Å². The molecule has 31 heavy (non-hydrogen) atoms. The second-order valence-corrected chi connectivity index (χ2v) is 8.79. The van der Waals surface area contributed by atoms with Gasteiger partial charge in [-0.05, 0) is 57.1 Å². The molecule has 1 amide bonds. The van der Waals surface area contributed by atoms with Crippen molar-refractivity contribution in [2.45, 2.75) is 59.5 Å². The summed E-state index contributed by atoms with van der Waals surface area (Å²) in [6.45, 7) is 11.3. The fourth-order valence-corrected chi connectivity index (χ4v) is 3.77. The number of fused-ring (bicyclic) bond motifs is 1. The number of likely N-dealkylation sites (tertiary alicyclic amines) is 1. The van der Waals surface area contributed by atoms with Crippen molar-refractivity contribution in [3.05, 3.63) is 54.5 Å². The molecular formula is C25H34N4O2. The van der Waals surface area contributed by atoms with Crippen LogP contribution in [0.1, 0.15) is 53.0 Å². The number of hydrogen-bond donors (Lipinski definition) is 0. The highest BCUT2D eigenvalue weighted by atomic mass is 16.6. The third-order valence-electron chi connectivity index (χ3n) is 5.32. The van der Waals surface area contributed by atoms with E-state index in [9.17, 15) is 4.79 Å². The Morgan fingerprint density at radius 2 is 1.74 bits per heavy atom. The predicted molar refractivity (Wildman–Crippen MR) is 124 cm³/mol. The van der Waals surface area contributed by atoms with Gasteiger partial charge in [0.2, 0.25) is 0 Å². The Hall–Kier alpha value is -2.89. The average Bonchev–Trinajstić information content (AvgIpc) is 3.23. The van der Waals surface area contributed by atoms with Crippen LogP contribution in [-0.2, 0) is 11.2 Å². The van der Waals surface area contributed by atoms with E-state index in [4.69, 9.17) is 4.74 Å². The first-order valence-corrected chi connectivity index (χ1v) is 11.2. The normalized spacial score (nSPS) is 14.8. The summed E-state index contributed by atoms with van der Waals surface area (Å²) in [4.78, 5) is 18.5. The van der Waals surface area contributed by atoms with Gasteiger partial charge in [0.1, 0.15) is 5.60 Å². The van der Waals surface area contributed by atoms with E-state index in [-0.39, 0.29) is 6.09 Å². The van der Waals surface area contributed by atoms with Gasteiger partial charge in [0.15, 0.2) is 5.65 Å². The summed E-state index contributed by atoms with van der Waals surface area (Å²) in [7, 11) is 0. The van der Waals surface area contributed by atoms with Crippen LogP contribution in [-0.4, -0.2) is 44.3 Å². The lowest BCUT2D eigenvalue weighted by molar-refractivity contribution is 0.0184. The number of carbonyl (C=O) groups excluding carboxylic acids is 1. The van der Waals surface area contributed by atoms with E-state index < -0.39 is 5.60 Å².